The minimum atomic E-state index is 0.849. The van der Waals surface area contributed by atoms with Gasteiger partial charge in [-0.1, -0.05) is 30.3 Å². The molecule has 0 radical (unpaired) electrons. The molecule has 0 aliphatic heterocycles. The van der Waals surface area contributed by atoms with Gasteiger partial charge >= 0.3 is 5.88 Å². The van der Waals surface area contributed by atoms with E-state index in [1.807, 2.05) is 18.2 Å². The largest absolute Gasteiger partial charge is 0.447 e. The van der Waals surface area contributed by atoms with E-state index in [4.69, 9.17) is 4.74 Å². The molecule has 0 unspecified atom stereocenters. The van der Waals surface area contributed by atoms with E-state index in [-0.39, 0.29) is 0 Å². The van der Waals surface area contributed by atoms with Gasteiger partial charge in [0.2, 0.25) is 11.2 Å². The maximum Gasteiger partial charge on any atom is 0.374 e. The SMILES string of the molecule is COc1cc(C)c2ccccc2[n+]1-c1ccccc1. The molecule has 0 saturated carbocycles. The monoisotopic (exact) mass is 250 g/mol. The standard InChI is InChI=1S/C17H16NO/c1-13-12-17(19-2)18(14-8-4-3-5-9-14)16-11-7-6-10-15(13)16/h3-12H,1-2H3/q+1. The fourth-order valence-electron chi connectivity index (χ4n) is 2.44. The molecule has 0 amide bonds. The lowest BCUT2D eigenvalue weighted by atomic mass is 10.1. The highest BCUT2D eigenvalue weighted by Crippen LogP contribution is 2.21. The molecule has 0 bridgehead atoms. The molecule has 2 heteroatoms. The average molecular weight is 250 g/mol. The first-order valence-corrected chi connectivity index (χ1v) is 6.35. The number of ether oxygens (including phenoxy) is 1. The number of nitrogens with zero attached hydrogens (tertiary/aromatic N) is 1. The normalized spacial score (nSPS) is 10.6. The second kappa shape index (κ2) is 4.73. The molecule has 19 heavy (non-hydrogen) atoms. The molecular weight excluding hydrogens is 234 g/mol. The molecule has 1 aromatic heterocycles. The van der Waals surface area contributed by atoms with Gasteiger partial charge in [-0.25, -0.2) is 0 Å². The van der Waals surface area contributed by atoms with Gasteiger partial charge in [-0.05, 0) is 18.6 Å². The van der Waals surface area contributed by atoms with Crippen LogP contribution in [0.2, 0.25) is 0 Å². The van der Waals surface area contributed by atoms with Crippen LogP contribution in [0, 0.1) is 6.92 Å². The van der Waals surface area contributed by atoms with Crippen molar-refractivity contribution < 1.29 is 9.30 Å². The molecule has 0 saturated heterocycles. The van der Waals surface area contributed by atoms with Gasteiger partial charge in [-0.15, -0.1) is 4.57 Å². The van der Waals surface area contributed by atoms with E-state index in [2.05, 4.69) is 54.0 Å². The lowest BCUT2D eigenvalue weighted by Gasteiger charge is -2.07. The van der Waals surface area contributed by atoms with Crippen LogP contribution in [-0.4, -0.2) is 7.11 Å². The zero-order valence-corrected chi connectivity index (χ0v) is 11.1. The number of rotatable bonds is 2. The Balaban J connectivity index is 2.42. The second-order valence-corrected chi connectivity index (χ2v) is 4.56. The molecule has 0 N–H and O–H groups in total. The van der Waals surface area contributed by atoms with Crippen LogP contribution < -0.4 is 9.30 Å². The Bertz CT molecular complexity index is 720. The number of para-hydroxylation sites is 2. The fourth-order valence-corrected chi connectivity index (χ4v) is 2.44. The molecule has 94 valence electrons. The van der Waals surface area contributed by atoms with Crippen LogP contribution in [0.4, 0.5) is 0 Å². The van der Waals surface area contributed by atoms with Gasteiger partial charge < -0.3 is 4.74 Å². The van der Waals surface area contributed by atoms with Crippen LogP contribution in [0.5, 0.6) is 5.88 Å². The van der Waals surface area contributed by atoms with Crippen LogP contribution in [0.3, 0.4) is 0 Å². The summed E-state index contributed by atoms with van der Waals surface area (Å²) in [5, 5.41) is 1.24. The molecule has 3 aromatic rings. The highest BCUT2D eigenvalue weighted by Gasteiger charge is 2.20. The van der Waals surface area contributed by atoms with E-state index >= 15 is 0 Å². The summed E-state index contributed by atoms with van der Waals surface area (Å²) in [6.45, 7) is 2.11. The molecule has 0 atom stereocenters. The quantitative estimate of drug-likeness (QED) is 0.635. The fraction of sp³-hybridized carbons (Fsp3) is 0.118. The number of benzene rings is 2. The summed E-state index contributed by atoms with van der Waals surface area (Å²) < 4.78 is 7.69. The Kier molecular flexibility index (Phi) is 2.92. The highest BCUT2D eigenvalue weighted by atomic mass is 16.5. The first kappa shape index (κ1) is 11.7. The van der Waals surface area contributed by atoms with E-state index in [1.165, 1.54) is 10.9 Å². The summed E-state index contributed by atoms with van der Waals surface area (Å²) in [5.74, 6) is 0.849. The van der Waals surface area contributed by atoms with Crippen LogP contribution in [-0.2, 0) is 0 Å². The van der Waals surface area contributed by atoms with E-state index in [0.29, 0.717) is 0 Å². The summed E-state index contributed by atoms with van der Waals surface area (Å²) in [4.78, 5) is 0. The van der Waals surface area contributed by atoms with Gasteiger partial charge in [-0.2, -0.15) is 0 Å². The van der Waals surface area contributed by atoms with Crippen molar-refractivity contribution in [1.29, 1.82) is 0 Å². The van der Waals surface area contributed by atoms with Crippen molar-refractivity contribution in [2.45, 2.75) is 6.92 Å². The molecule has 0 aliphatic rings. The average Bonchev–Trinajstić information content (AvgIpc) is 2.48. The summed E-state index contributed by atoms with van der Waals surface area (Å²) in [6.07, 6.45) is 0. The number of hydrogen-bond acceptors (Lipinski definition) is 1. The van der Waals surface area contributed by atoms with Gasteiger partial charge in [0, 0.05) is 18.2 Å². The summed E-state index contributed by atoms with van der Waals surface area (Å²) >= 11 is 0. The summed E-state index contributed by atoms with van der Waals surface area (Å²) in [6, 6.07) is 20.7. The Morgan fingerprint density at radius 2 is 1.58 bits per heavy atom. The Morgan fingerprint density at radius 3 is 2.32 bits per heavy atom. The number of pyridine rings is 1. The third kappa shape index (κ3) is 1.95. The van der Waals surface area contributed by atoms with Gasteiger partial charge in [0.1, 0.15) is 0 Å². The first-order chi connectivity index (χ1) is 9.31. The minimum Gasteiger partial charge on any atom is -0.447 e. The van der Waals surface area contributed by atoms with Crippen molar-refractivity contribution >= 4 is 10.9 Å². The van der Waals surface area contributed by atoms with E-state index < -0.39 is 0 Å². The van der Waals surface area contributed by atoms with Gasteiger partial charge in [-0.3, -0.25) is 0 Å². The van der Waals surface area contributed by atoms with Crippen molar-refractivity contribution in [3.8, 4) is 11.6 Å². The Morgan fingerprint density at radius 1 is 0.895 bits per heavy atom. The maximum absolute atomic E-state index is 5.55. The Hall–Kier alpha value is -2.35. The number of hydrogen-bond donors (Lipinski definition) is 0. The topological polar surface area (TPSA) is 13.1 Å². The van der Waals surface area contributed by atoms with E-state index in [0.717, 1.165) is 17.1 Å². The maximum atomic E-state index is 5.55. The zero-order valence-electron chi connectivity index (χ0n) is 11.1. The third-order valence-electron chi connectivity index (χ3n) is 3.35. The van der Waals surface area contributed by atoms with Crippen LogP contribution in [0.25, 0.3) is 16.6 Å². The Labute approximate surface area is 112 Å². The first-order valence-electron chi connectivity index (χ1n) is 6.35. The van der Waals surface area contributed by atoms with E-state index in [1.54, 1.807) is 7.11 Å². The number of methoxy groups -OCH3 is 1. The van der Waals surface area contributed by atoms with Gasteiger partial charge in [0.25, 0.3) is 0 Å². The molecule has 0 fully saturated rings. The predicted molar refractivity (Wildman–Crippen MR) is 76.8 cm³/mol. The number of aryl methyl sites for hydroxylation is 1. The second-order valence-electron chi connectivity index (χ2n) is 4.56. The van der Waals surface area contributed by atoms with Crippen LogP contribution in [0.1, 0.15) is 5.56 Å². The molecule has 2 aromatic carbocycles. The molecule has 3 rings (SSSR count). The van der Waals surface area contributed by atoms with Crippen molar-refractivity contribution in [2.24, 2.45) is 0 Å². The van der Waals surface area contributed by atoms with Gasteiger partial charge in [0.05, 0.1) is 18.6 Å². The molecule has 0 aliphatic carbocycles. The molecule has 2 nitrogen and oxygen atoms in total. The van der Waals surface area contributed by atoms with Crippen molar-refractivity contribution in [3.05, 3.63) is 66.2 Å². The smallest absolute Gasteiger partial charge is 0.374 e. The lowest BCUT2D eigenvalue weighted by molar-refractivity contribution is -0.575. The molecule has 0 spiro atoms. The molecule has 1 heterocycles. The third-order valence-corrected chi connectivity index (χ3v) is 3.35. The van der Waals surface area contributed by atoms with Gasteiger partial charge in [0.15, 0.2) is 0 Å². The van der Waals surface area contributed by atoms with Crippen molar-refractivity contribution in [1.82, 2.24) is 0 Å². The van der Waals surface area contributed by atoms with Crippen molar-refractivity contribution in [3.63, 3.8) is 0 Å². The summed E-state index contributed by atoms with van der Waals surface area (Å²) in [7, 11) is 1.71. The zero-order chi connectivity index (χ0) is 13.2. The number of aromatic nitrogens is 1. The van der Waals surface area contributed by atoms with Crippen molar-refractivity contribution in [2.75, 3.05) is 7.11 Å². The highest BCUT2D eigenvalue weighted by molar-refractivity contribution is 5.80. The van der Waals surface area contributed by atoms with Crippen LogP contribution in [0.15, 0.2) is 60.7 Å². The summed E-state index contributed by atoms with van der Waals surface area (Å²) in [5.41, 5.74) is 3.49. The number of fused-ring (bicyclic) bond motifs is 1. The predicted octanol–water partition coefficient (Wildman–Crippen LogP) is 3.43. The molecular formula is C17H16NO+. The lowest BCUT2D eigenvalue weighted by Crippen LogP contribution is -2.33. The van der Waals surface area contributed by atoms with E-state index in [9.17, 15) is 0 Å². The minimum absolute atomic E-state index is 0.849. The van der Waals surface area contributed by atoms with Crippen LogP contribution >= 0.6 is 0 Å².